The minimum Gasteiger partial charge on any atom is -0.475 e. The zero-order chi connectivity index (χ0) is 13.8. The van der Waals surface area contributed by atoms with Gasteiger partial charge >= 0.3 is 5.97 Å². The van der Waals surface area contributed by atoms with Crippen LogP contribution >= 0.6 is 0 Å². The number of nitrogens with one attached hydrogen (secondary N) is 1. The van der Waals surface area contributed by atoms with Crippen LogP contribution in [0.4, 0.5) is 0 Å². The third kappa shape index (κ3) is 3.04. The van der Waals surface area contributed by atoms with Crippen LogP contribution in [0.15, 0.2) is 33.1 Å². The number of aryl methyl sites for hydroxylation is 1. The van der Waals surface area contributed by atoms with E-state index in [0.29, 0.717) is 12.2 Å². The summed E-state index contributed by atoms with van der Waals surface area (Å²) in [7, 11) is 0. The van der Waals surface area contributed by atoms with E-state index in [0.717, 1.165) is 5.76 Å². The van der Waals surface area contributed by atoms with Crippen LogP contribution in [0.3, 0.4) is 0 Å². The fraction of sp³-hybridized carbons (Fsp3) is 0.231. The van der Waals surface area contributed by atoms with Gasteiger partial charge in [0.25, 0.3) is 5.91 Å². The predicted octanol–water partition coefficient (Wildman–Crippen LogP) is 2.06. The second-order valence-corrected chi connectivity index (χ2v) is 3.87. The van der Waals surface area contributed by atoms with Gasteiger partial charge in [0, 0.05) is 6.42 Å². The van der Waals surface area contributed by atoms with Gasteiger partial charge in [0.15, 0.2) is 5.76 Å². The molecule has 2 rings (SSSR count). The lowest BCUT2D eigenvalue weighted by Gasteiger charge is -2.00. The summed E-state index contributed by atoms with van der Waals surface area (Å²) in [5, 5.41) is 11.3. The third-order valence-electron chi connectivity index (χ3n) is 2.53. The maximum atomic E-state index is 11.7. The maximum absolute atomic E-state index is 11.7. The number of amides is 1. The Morgan fingerprint density at radius 1 is 1.11 bits per heavy atom. The highest BCUT2D eigenvalue weighted by molar-refractivity contribution is 5.91. The van der Waals surface area contributed by atoms with Crippen LogP contribution in [0.5, 0.6) is 0 Å². The molecular weight excluding hydrogens is 250 g/mol. The lowest BCUT2D eigenvalue weighted by atomic mass is 10.3. The van der Waals surface area contributed by atoms with E-state index in [1.54, 1.807) is 12.1 Å². The zero-order valence-electron chi connectivity index (χ0n) is 10.3. The number of carboxylic acids is 1. The zero-order valence-corrected chi connectivity index (χ0v) is 10.3. The van der Waals surface area contributed by atoms with Gasteiger partial charge in [-0.05, 0) is 24.3 Å². The van der Waals surface area contributed by atoms with Crippen molar-refractivity contribution in [3.05, 3.63) is 47.3 Å². The van der Waals surface area contributed by atoms with Gasteiger partial charge in [0.2, 0.25) is 5.76 Å². The van der Waals surface area contributed by atoms with Crippen molar-refractivity contribution in [1.82, 2.24) is 5.32 Å². The van der Waals surface area contributed by atoms with E-state index >= 15 is 0 Å². The number of furan rings is 2. The van der Waals surface area contributed by atoms with Crippen molar-refractivity contribution < 1.29 is 23.5 Å². The summed E-state index contributed by atoms with van der Waals surface area (Å²) in [4.78, 5) is 22.3. The highest BCUT2D eigenvalue weighted by Gasteiger charge is 2.12. The Morgan fingerprint density at radius 3 is 2.32 bits per heavy atom. The second kappa shape index (κ2) is 5.43. The molecule has 2 N–H and O–H groups in total. The molecular formula is C13H13NO5. The molecule has 1 amide bonds. The Balaban J connectivity index is 1.94. The molecule has 19 heavy (non-hydrogen) atoms. The number of carbonyl (C=O) groups is 2. The largest absolute Gasteiger partial charge is 0.475 e. The molecule has 0 aromatic carbocycles. The SMILES string of the molecule is CCc1ccc(C(=O)NCc2ccc(C(=O)O)o2)o1. The molecule has 0 unspecified atom stereocenters. The molecule has 100 valence electrons. The van der Waals surface area contributed by atoms with E-state index in [2.05, 4.69) is 5.32 Å². The molecule has 2 heterocycles. The van der Waals surface area contributed by atoms with Crippen LogP contribution in [0.25, 0.3) is 0 Å². The van der Waals surface area contributed by atoms with Crippen LogP contribution in [0.1, 0.15) is 39.6 Å². The van der Waals surface area contributed by atoms with E-state index in [9.17, 15) is 9.59 Å². The van der Waals surface area contributed by atoms with Crippen molar-refractivity contribution in [1.29, 1.82) is 0 Å². The maximum Gasteiger partial charge on any atom is 0.371 e. The highest BCUT2D eigenvalue weighted by atomic mass is 16.4. The van der Waals surface area contributed by atoms with Gasteiger partial charge in [0.1, 0.15) is 11.5 Å². The summed E-state index contributed by atoms with van der Waals surface area (Å²) in [5.41, 5.74) is 0. The molecule has 0 fully saturated rings. The first-order valence-electron chi connectivity index (χ1n) is 5.79. The van der Waals surface area contributed by atoms with Crippen LogP contribution in [-0.2, 0) is 13.0 Å². The molecule has 0 saturated carbocycles. The minimum absolute atomic E-state index is 0.105. The quantitative estimate of drug-likeness (QED) is 0.861. The lowest BCUT2D eigenvalue weighted by Crippen LogP contribution is -2.21. The van der Waals surface area contributed by atoms with Crippen molar-refractivity contribution in [2.75, 3.05) is 0 Å². The summed E-state index contributed by atoms with van der Waals surface area (Å²) in [6.07, 6.45) is 0.716. The molecule has 0 spiro atoms. The highest BCUT2D eigenvalue weighted by Crippen LogP contribution is 2.10. The number of carbonyl (C=O) groups excluding carboxylic acids is 1. The van der Waals surface area contributed by atoms with Crippen LogP contribution < -0.4 is 5.32 Å². The minimum atomic E-state index is -1.14. The second-order valence-electron chi connectivity index (χ2n) is 3.87. The van der Waals surface area contributed by atoms with Crippen molar-refractivity contribution in [2.24, 2.45) is 0 Å². The fourth-order valence-electron chi connectivity index (χ4n) is 1.53. The molecule has 0 aliphatic heterocycles. The van der Waals surface area contributed by atoms with Gasteiger partial charge in [-0.1, -0.05) is 6.92 Å². The van der Waals surface area contributed by atoms with E-state index in [1.165, 1.54) is 12.1 Å². The van der Waals surface area contributed by atoms with Crippen molar-refractivity contribution in [3.63, 3.8) is 0 Å². The first-order valence-corrected chi connectivity index (χ1v) is 5.79. The van der Waals surface area contributed by atoms with Crippen LogP contribution in [0.2, 0.25) is 0 Å². The lowest BCUT2D eigenvalue weighted by molar-refractivity contribution is 0.0660. The topological polar surface area (TPSA) is 92.7 Å². The molecule has 0 aliphatic rings. The van der Waals surface area contributed by atoms with Gasteiger partial charge < -0.3 is 19.3 Å². The molecule has 2 aromatic rings. The van der Waals surface area contributed by atoms with E-state index in [-0.39, 0.29) is 24.0 Å². The first kappa shape index (κ1) is 12.9. The standard InChI is InChI=1S/C13H13NO5/c1-2-8-3-5-10(18-8)12(15)14-7-9-4-6-11(19-9)13(16)17/h3-6H,2,7H2,1H3,(H,14,15)(H,16,17). The number of hydrogen-bond acceptors (Lipinski definition) is 4. The van der Waals surface area contributed by atoms with E-state index in [4.69, 9.17) is 13.9 Å². The summed E-state index contributed by atoms with van der Waals surface area (Å²) in [6.45, 7) is 2.03. The molecule has 6 heteroatoms. The Morgan fingerprint density at radius 2 is 1.74 bits per heavy atom. The smallest absolute Gasteiger partial charge is 0.371 e. The molecule has 0 radical (unpaired) electrons. The molecule has 2 aromatic heterocycles. The summed E-state index contributed by atoms with van der Waals surface area (Å²) in [6, 6.07) is 6.18. The number of aromatic carboxylic acids is 1. The normalized spacial score (nSPS) is 10.4. The van der Waals surface area contributed by atoms with Gasteiger partial charge in [-0.15, -0.1) is 0 Å². The summed E-state index contributed by atoms with van der Waals surface area (Å²) < 4.78 is 10.3. The molecule has 0 saturated heterocycles. The Bertz CT molecular complexity index is 596. The van der Waals surface area contributed by atoms with Crippen molar-refractivity contribution in [2.45, 2.75) is 19.9 Å². The molecule has 0 atom stereocenters. The fourth-order valence-corrected chi connectivity index (χ4v) is 1.53. The Hall–Kier alpha value is -2.50. The van der Waals surface area contributed by atoms with Crippen LogP contribution in [-0.4, -0.2) is 17.0 Å². The average Bonchev–Trinajstić information content (AvgIpc) is 3.04. The van der Waals surface area contributed by atoms with Crippen molar-refractivity contribution in [3.8, 4) is 0 Å². The number of rotatable bonds is 5. The van der Waals surface area contributed by atoms with Gasteiger partial charge in [-0.3, -0.25) is 4.79 Å². The summed E-state index contributed by atoms with van der Waals surface area (Å²) >= 11 is 0. The van der Waals surface area contributed by atoms with Crippen molar-refractivity contribution >= 4 is 11.9 Å². The number of hydrogen-bond donors (Lipinski definition) is 2. The van der Waals surface area contributed by atoms with Gasteiger partial charge in [0.05, 0.1) is 6.54 Å². The molecule has 0 aliphatic carbocycles. The molecule has 0 bridgehead atoms. The van der Waals surface area contributed by atoms with Gasteiger partial charge in [-0.25, -0.2) is 4.79 Å². The van der Waals surface area contributed by atoms with Crippen LogP contribution in [0, 0.1) is 0 Å². The monoisotopic (exact) mass is 263 g/mol. The Labute approximate surface area is 109 Å². The third-order valence-corrected chi connectivity index (χ3v) is 2.53. The number of carboxylic acid groups (broad SMARTS) is 1. The van der Waals surface area contributed by atoms with E-state index < -0.39 is 5.97 Å². The summed E-state index contributed by atoms with van der Waals surface area (Å²) in [5.74, 6) is -0.342. The van der Waals surface area contributed by atoms with E-state index in [1.807, 2.05) is 6.92 Å². The predicted molar refractivity (Wildman–Crippen MR) is 64.9 cm³/mol. The Kier molecular flexibility index (Phi) is 3.70. The molecule has 6 nitrogen and oxygen atoms in total. The average molecular weight is 263 g/mol. The van der Waals surface area contributed by atoms with Gasteiger partial charge in [-0.2, -0.15) is 0 Å². The first-order chi connectivity index (χ1) is 9.10.